The number of carbonyl (C=O) groups excluding carboxylic acids is 1. The van der Waals surface area contributed by atoms with E-state index < -0.39 is 18.6 Å². The summed E-state index contributed by atoms with van der Waals surface area (Å²) in [4.78, 5) is 11.8. The van der Waals surface area contributed by atoms with Crippen LogP contribution in [0.2, 0.25) is 5.02 Å². The normalized spacial score (nSPS) is 11.4. The van der Waals surface area contributed by atoms with E-state index in [1.165, 1.54) is 0 Å². The Morgan fingerprint density at radius 2 is 1.81 bits per heavy atom. The van der Waals surface area contributed by atoms with Gasteiger partial charge >= 0.3 is 6.18 Å². The van der Waals surface area contributed by atoms with E-state index in [1.54, 1.807) is 28.8 Å². The van der Waals surface area contributed by atoms with E-state index in [4.69, 9.17) is 16.3 Å². The lowest BCUT2D eigenvalue weighted by atomic mass is 10.2. The van der Waals surface area contributed by atoms with Crippen molar-refractivity contribution in [1.29, 1.82) is 0 Å². The lowest BCUT2D eigenvalue weighted by Gasteiger charge is -2.12. The van der Waals surface area contributed by atoms with E-state index in [0.717, 1.165) is 17.3 Å². The average Bonchev–Trinajstić information content (AvgIpc) is 3.12. The van der Waals surface area contributed by atoms with Gasteiger partial charge < -0.3 is 10.1 Å². The second-order valence-electron chi connectivity index (χ2n) is 6.39. The quantitative estimate of drug-likeness (QED) is 0.471. The van der Waals surface area contributed by atoms with Gasteiger partial charge in [0, 0.05) is 5.02 Å². The molecule has 0 bridgehead atoms. The number of benzene rings is 2. The molecule has 2 aromatic carbocycles. The molecule has 0 aliphatic heterocycles. The standard InChI is InChI=1S/C20H18ClF3N4O2S/c21-15-6-8-16(9-7-15)30-11-17-26-27-19(28(17)10-14-4-2-1-3-5-14)31-12-18(29)25-13-20(22,23)24/h1-9H,10-13H2,(H,25,29). The van der Waals surface area contributed by atoms with Gasteiger partial charge in [0.1, 0.15) is 18.9 Å². The van der Waals surface area contributed by atoms with Crippen molar-refractivity contribution in [3.05, 3.63) is 71.0 Å². The van der Waals surface area contributed by atoms with Crippen LogP contribution in [0.1, 0.15) is 11.4 Å². The molecule has 0 spiro atoms. The first kappa shape index (κ1) is 23.0. The van der Waals surface area contributed by atoms with Gasteiger partial charge in [-0.05, 0) is 29.8 Å². The van der Waals surface area contributed by atoms with Crippen molar-refractivity contribution in [3.8, 4) is 5.75 Å². The molecule has 0 aliphatic rings. The highest BCUT2D eigenvalue weighted by molar-refractivity contribution is 7.99. The van der Waals surface area contributed by atoms with Crippen LogP contribution in [0.3, 0.4) is 0 Å². The second kappa shape index (κ2) is 10.5. The monoisotopic (exact) mass is 470 g/mol. The third-order valence-electron chi connectivity index (χ3n) is 3.98. The van der Waals surface area contributed by atoms with Crippen molar-refractivity contribution in [2.45, 2.75) is 24.5 Å². The summed E-state index contributed by atoms with van der Waals surface area (Å²) < 4.78 is 44.3. The first-order chi connectivity index (χ1) is 14.8. The van der Waals surface area contributed by atoms with Crippen LogP contribution in [0.25, 0.3) is 0 Å². The number of alkyl halides is 3. The molecule has 0 saturated heterocycles. The molecule has 1 N–H and O–H groups in total. The maximum Gasteiger partial charge on any atom is 0.405 e. The highest BCUT2D eigenvalue weighted by atomic mass is 35.5. The van der Waals surface area contributed by atoms with Gasteiger partial charge in [0.15, 0.2) is 11.0 Å². The number of thioether (sulfide) groups is 1. The van der Waals surface area contributed by atoms with E-state index in [1.807, 2.05) is 35.6 Å². The van der Waals surface area contributed by atoms with Crippen LogP contribution in [0.4, 0.5) is 13.2 Å². The Balaban J connectivity index is 1.70. The van der Waals surface area contributed by atoms with Gasteiger partial charge in [0.25, 0.3) is 0 Å². The van der Waals surface area contributed by atoms with E-state index >= 15 is 0 Å². The molecule has 0 unspecified atom stereocenters. The number of aromatic nitrogens is 3. The fraction of sp³-hybridized carbons (Fsp3) is 0.250. The molecule has 1 aromatic heterocycles. The highest BCUT2D eigenvalue weighted by Gasteiger charge is 2.27. The Morgan fingerprint density at radius 1 is 1.10 bits per heavy atom. The number of hydrogen-bond acceptors (Lipinski definition) is 5. The fourth-order valence-electron chi connectivity index (χ4n) is 2.52. The van der Waals surface area contributed by atoms with Crippen molar-refractivity contribution < 1.29 is 22.7 Å². The SMILES string of the molecule is O=C(CSc1nnc(COc2ccc(Cl)cc2)n1Cc1ccccc1)NCC(F)(F)F. The summed E-state index contributed by atoms with van der Waals surface area (Å²) >= 11 is 6.88. The maximum atomic E-state index is 12.3. The third-order valence-corrected chi connectivity index (χ3v) is 5.20. The zero-order valence-corrected chi connectivity index (χ0v) is 17.7. The zero-order valence-electron chi connectivity index (χ0n) is 16.1. The number of amides is 1. The molecule has 3 aromatic rings. The molecule has 0 atom stereocenters. The lowest BCUT2D eigenvalue weighted by Crippen LogP contribution is -2.34. The Morgan fingerprint density at radius 3 is 2.48 bits per heavy atom. The van der Waals surface area contributed by atoms with Gasteiger partial charge in [-0.1, -0.05) is 53.7 Å². The highest BCUT2D eigenvalue weighted by Crippen LogP contribution is 2.21. The molecule has 0 fully saturated rings. The zero-order chi connectivity index (χ0) is 22.3. The fourth-order valence-corrected chi connectivity index (χ4v) is 3.43. The van der Waals surface area contributed by atoms with E-state index in [0.29, 0.717) is 28.3 Å². The molecule has 0 saturated carbocycles. The van der Waals surface area contributed by atoms with E-state index in [9.17, 15) is 18.0 Å². The average molecular weight is 471 g/mol. The van der Waals surface area contributed by atoms with Crippen molar-refractivity contribution in [2.75, 3.05) is 12.3 Å². The summed E-state index contributed by atoms with van der Waals surface area (Å²) in [5.74, 6) is 0.146. The second-order valence-corrected chi connectivity index (χ2v) is 7.77. The predicted molar refractivity (Wildman–Crippen MR) is 111 cm³/mol. The molecule has 11 heteroatoms. The largest absolute Gasteiger partial charge is 0.486 e. The molecule has 1 heterocycles. The smallest absolute Gasteiger partial charge is 0.405 e. The van der Waals surface area contributed by atoms with Gasteiger partial charge in [-0.3, -0.25) is 9.36 Å². The molecule has 164 valence electrons. The van der Waals surface area contributed by atoms with Crippen LogP contribution in [-0.4, -0.2) is 39.1 Å². The van der Waals surface area contributed by atoms with Gasteiger partial charge in [-0.25, -0.2) is 0 Å². The van der Waals surface area contributed by atoms with Crippen LogP contribution in [0, 0.1) is 0 Å². The minimum absolute atomic E-state index is 0.113. The van der Waals surface area contributed by atoms with E-state index in [-0.39, 0.29) is 12.4 Å². The van der Waals surface area contributed by atoms with Crippen LogP contribution >= 0.6 is 23.4 Å². The number of ether oxygens (including phenoxy) is 1. The number of carbonyl (C=O) groups is 1. The van der Waals surface area contributed by atoms with Gasteiger partial charge in [-0.15, -0.1) is 10.2 Å². The van der Waals surface area contributed by atoms with Gasteiger partial charge in [0.05, 0.1) is 12.3 Å². The Bertz CT molecular complexity index is 998. The summed E-state index contributed by atoms with van der Waals surface area (Å²) in [6, 6.07) is 16.4. The summed E-state index contributed by atoms with van der Waals surface area (Å²) in [5.41, 5.74) is 0.971. The van der Waals surface area contributed by atoms with Crippen LogP contribution in [-0.2, 0) is 17.9 Å². The van der Waals surface area contributed by atoms with Crippen molar-refractivity contribution in [3.63, 3.8) is 0 Å². The molecule has 31 heavy (non-hydrogen) atoms. The van der Waals surface area contributed by atoms with Crippen LogP contribution in [0.15, 0.2) is 59.8 Å². The number of halogens is 4. The molecule has 6 nitrogen and oxygen atoms in total. The summed E-state index contributed by atoms with van der Waals surface area (Å²) in [6.07, 6.45) is -4.46. The number of rotatable bonds is 9. The first-order valence-electron chi connectivity index (χ1n) is 9.11. The first-order valence-corrected chi connectivity index (χ1v) is 10.5. The Hall–Kier alpha value is -2.72. The van der Waals surface area contributed by atoms with Gasteiger partial charge in [0.2, 0.25) is 5.91 Å². The van der Waals surface area contributed by atoms with Crippen molar-refractivity contribution >= 4 is 29.3 Å². The summed E-state index contributed by atoms with van der Waals surface area (Å²) in [7, 11) is 0. The lowest BCUT2D eigenvalue weighted by molar-refractivity contribution is -0.136. The number of hydrogen-bond donors (Lipinski definition) is 1. The summed E-state index contributed by atoms with van der Waals surface area (Å²) in [5, 5.41) is 11.1. The van der Waals surface area contributed by atoms with E-state index in [2.05, 4.69) is 10.2 Å². The minimum atomic E-state index is -4.46. The Kier molecular flexibility index (Phi) is 7.80. The molecular formula is C20H18ClF3N4O2S. The third kappa shape index (κ3) is 7.48. The number of nitrogens with one attached hydrogen (secondary N) is 1. The molecule has 0 radical (unpaired) electrons. The van der Waals surface area contributed by atoms with Crippen molar-refractivity contribution in [1.82, 2.24) is 20.1 Å². The topological polar surface area (TPSA) is 69.0 Å². The van der Waals surface area contributed by atoms with Crippen molar-refractivity contribution in [2.24, 2.45) is 0 Å². The minimum Gasteiger partial charge on any atom is -0.486 e. The Labute approximate surface area is 185 Å². The molecule has 0 aliphatic carbocycles. The van der Waals surface area contributed by atoms with Crippen LogP contribution < -0.4 is 10.1 Å². The predicted octanol–water partition coefficient (Wildman–Crippen LogP) is 4.33. The van der Waals surface area contributed by atoms with Crippen LogP contribution in [0.5, 0.6) is 5.75 Å². The molecular weight excluding hydrogens is 453 g/mol. The number of nitrogens with zero attached hydrogens (tertiary/aromatic N) is 3. The molecule has 1 amide bonds. The van der Waals surface area contributed by atoms with Gasteiger partial charge in [-0.2, -0.15) is 13.2 Å². The summed E-state index contributed by atoms with van der Waals surface area (Å²) in [6.45, 7) is -0.842. The maximum absolute atomic E-state index is 12.3. The molecule has 3 rings (SSSR count).